The normalized spacial score (nSPS) is 28.2. The van der Waals surface area contributed by atoms with E-state index in [9.17, 15) is 4.79 Å². The summed E-state index contributed by atoms with van der Waals surface area (Å²) in [5.41, 5.74) is 3.23. The van der Waals surface area contributed by atoms with E-state index in [2.05, 4.69) is 29.2 Å². The summed E-state index contributed by atoms with van der Waals surface area (Å²) in [4.78, 5) is 16.7. The fraction of sp³-hybridized carbons (Fsp3) is 0.667. The van der Waals surface area contributed by atoms with Crippen molar-refractivity contribution in [1.29, 1.82) is 0 Å². The van der Waals surface area contributed by atoms with E-state index in [1.54, 1.807) is 4.90 Å². The Balaban J connectivity index is 1.52. The molecule has 0 bridgehead atoms. The Morgan fingerprint density at radius 1 is 1.28 bits per heavy atom. The molecule has 0 radical (unpaired) electrons. The summed E-state index contributed by atoms with van der Waals surface area (Å²) in [6, 6.07) is 9.52. The van der Waals surface area contributed by atoms with Crippen molar-refractivity contribution in [2.45, 2.75) is 49.5 Å². The number of ether oxygens (including phenoxy) is 1. The van der Waals surface area contributed by atoms with Gasteiger partial charge in [-0.05, 0) is 61.2 Å². The monoisotopic (exact) mass is 342 g/mol. The van der Waals surface area contributed by atoms with Gasteiger partial charge in [0.2, 0.25) is 5.91 Å². The van der Waals surface area contributed by atoms with Gasteiger partial charge in [0.15, 0.2) is 0 Å². The fourth-order valence-electron chi connectivity index (χ4n) is 5.20. The second-order valence-electron chi connectivity index (χ2n) is 8.31. The van der Waals surface area contributed by atoms with Crippen molar-refractivity contribution in [3.8, 4) is 0 Å². The lowest BCUT2D eigenvalue weighted by molar-refractivity contribution is -0.129. The molecule has 1 aliphatic carbocycles. The molecule has 4 rings (SSSR count). The maximum absolute atomic E-state index is 12.3. The molecule has 25 heavy (non-hydrogen) atoms. The highest BCUT2D eigenvalue weighted by molar-refractivity contribution is 5.77. The zero-order valence-electron chi connectivity index (χ0n) is 15.5. The standard InChI is InChI=1S/C21H30N2O2/c1-22(2)20(24)13-16-14-21(19-6-4-3-5-18(16)19)8-10-23(11-9-21)17-7-12-25-15-17/h3-6,16-17H,7-15H2,1-2H3. The van der Waals surface area contributed by atoms with Crippen LogP contribution >= 0.6 is 0 Å². The van der Waals surface area contributed by atoms with Crippen molar-refractivity contribution >= 4 is 5.91 Å². The van der Waals surface area contributed by atoms with Gasteiger partial charge in [-0.3, -0.25) is 9.69 Å². The van der Waals surface area contributed by atoms with Crippen LogP contribution in [0.5, 0.6) is 0 Å². The van der Waals surface area contributed by atoms with E-state index in [0.29, 0.717) is 18.4 Å². The van der Waals surface area contributed by atoms with Crippen LogP contribution in [-0.2, 0) is 14.9 Å². The Morgan fingerprint density at radius 2 is 2.04 bits per heavy atom. The highest BCUT2D eigenvalue weighted by atomic mass is 16.5. The van der Waals surface area contributed by atoms with Gasteiger partial charge >= 0.3 is 0 Å². The highest BCUT2D eigenvalue weighted by Crippen LogP contribution is 2.53. The number of fused-ring (bicyclic) bond motifs is 2. The van der Waals surface area contributed by atoms with Crippen molar-refractivity contribution in [2.24, 2.45) is 0 Å². The Morgan fingerprint density at radius 3 is 2.72 bits per heavy atom. The van der Waals surface area contributed by atoms with Crippen LogP contribution < -0.4 is 0 Å². The lowest BCUT2D eigenvalue weighted by atomic mass is 9.73. The van der Waals surface area contributed by atoms with Gasteiger partial charge in [-0.25, -0.2) is 0 Å². The predicted octanol–water partition coefficient (Wildman–Crippen LogP) is 2.77. The third kappa shape index (κ3) is 3.11. The predicted molar refractivity (Wildman–Crippen MR) is 98.8 cm³/mol. The minimum Gasteiger partial charge on any atom is -0.380 e. The Hall–Kier alpha value is -1.39. The number of benzene rings is 1. The second-order valence-corrected chi connectivity index (χ2v) is 8.31. The number of likely N-dealkylation sites (tertiary alicyclic amines) is 1. The lowest BCUT2D eigenvalue weighted by Crippen LogP contribution is -2.46. The SMILES string of the molecule is CN(C)C(=O)CC1CC2(CCN(C3CCOC3)CC2)c2ccccc21. The van der Waals surface area contributed by atoms with Crippen LogP contribution in [0.1, 0.15) is 49.1 Å². The number of piperidine rings is 1. The van der Waals surface area contributed by atoms with Gasteiger partial charge in [0.05, 0.1) is 6.61 Å². The molecule has 0 saturated carbocycles. The number of carbonyl (C=O) groups is 1. The minimum absolute atomic E-state index is 0.248. The first-order valence-corrected chi connectivity index (χ1v) is 9.70. The van der Waals surface area contributed by atoms with Crippen LogP contribution in [0, 0.1) is 0 Å². The van der Waals surface area contributed by atoms with Crippen LogP contribution in [0.15, 0.2) is 24.3 Å². The average molecular weight is 342 g/mol. The van der Waals surface area contributed by atoms with Crippen LogP contribution in [-0.4, -0.2) is 62.1 Å². The summed E-state index contributed by atoms with van der Waals surface area (Å²) >= 11 is 0. The molecule has 0 aromatic heterocycles. The van der Waals surface area contributed by atoms with Crippen LogP contribution in [0.25, 0.3) is 0 Å². The molecular weight excluding hydrogens is 312 g/mol. The number of amides is 1. The van der Waals surface area contributed by atoms with E-state index in [1.165, 1.54) is 30.4 Å². The summed E-state index contributed by atoms with van der Waals surface area (Å²) < 4.78 is 5.58. The molecule has 2 aliphatic heterocycles. The van der Waals surface area contributed by atoms with Crippen molar-refractivity contribution in [3.63, 3.8) is 0 Å². The van der Waals surface area contributed by atoms with E-state index in [0.717, 1.165) is 32.7 Å². The molecule has 1 aromatic rings. The van der Waals surface area contributed by atoms with Crippen LogP contribution in [0.3, 0.4) is 0 Å². The van der Waals surface area contributed by atoms with Crippen molar-refractivity contribution < 1.29 is 9.53 Å². The van der Waals surface area contributed by atoms with Crippen molar-refractivity contribution in [2.75, 3.05) is 40.4 Å². The van der Waals surface area contributed by atoms with Gasteiger partial charge in [-0.2, -0.15) is 0 Å². The maximum atomic E-state index is 12.3. The number of nitrogens with zero attached hydrogens (tertiary/aromatic N) is 2. The van der Waals surface area contributed by atoms with Gasteiger partial charge in [0.25, 0.3) is 0 Å². The Bertz CT molecular complexity index is 629. The molecule has 3 aliphatic rings. The first-order chi connectivity index (χ1) is 12.1. The maximum Gasteiger partial charge on any atom is 0.222 e. The average Bonchev–Trinajstić information content (AvgIpc) is 3.24. The molecule has 2 heterocycles. The smallest absolute Gasteiger partial charge is 0.222 e. The summed E-state index contributed by atoms with van der Waals surface area (Å²) in [5.74, 6) is 0.629. The molecule has 1 spiro atoms. The Labute approximate surface area is 151 Å². The fourth-order valence-corrected chi connectivity index (χ4v) is 5.20. The number of hydrogen-bond donors (Lipinski definition) is 0. The molecule has 2 fully saturated rings. The summed E-state index contributed by atoms with van der Waals surface area (Å²) in [7, 11) is 3.72. The van der Waals surface area contributed by atoms with Gasteiger partial charge in [-0.1, -0.05) is 24.3 Å². The van der Waals surface area contributed by atoms with Crippen molar-refractivity contribution in [3.05, 3.63) is 35.4 Å². The Kier molecular flexibility index (Phi) is 4.59. The van der Waals surface area contributed by atoms with E-state index >= 15 is 0 Å². The molecule has 4 nitrogen and oxygen atoms in total. The van der Waals surface area contributed by atoms with Gasteiger partial charge in [-0.15, -0.1) is 0 Å². The van der Waals surface area contributed by atoms with Gasteiger partial charge in [0, 0.05) is 33.2 Å². The third-order valence-electron chi connectivity index (χ3n) is 6.71. The number of carbonyl (C=O) groups excluding carboxylic acids is 1. The van der Waals surface area contributed by atoms with Gasteiger partial charge in [0.1, 0.15) is 0 Å². The topological polar surface area (TPSA) is 32.8 Å². The zero-order chi connectivity index (χ0) is 17.4. The quantitative estimate of drug-likeness (QED) is 0.847. The van der Waals surface area contributed by atoms with E-state index in [1.807, 2.05) is 14.1 Å². The molecule has 2 saturated heterocycles. The molecule has 136 valence electrons. The van der Waals surface area contributed by atoms with E-state index in [4.69, 9.17) is 4.74 Å². The zero-order valence-corrected chi connectivity index (χ0v) is 15.5. The van der Waals surface area contributed by atoms with Crippen LogP contribution in [0.2, 0.25) is 0 Å². The highest BCUT2D eigenvalue weighted by Gasteiger charge is 2.46. The largest absolute Gasteiger partial charge is 0.380 e. The lowest BCUT2D eigenvalue weighted by Gasteiger charge is -2.42. The first kappa shape index (κ1) is 17.0. The van der Waals surface area contributed by atoms with Crippen molar-refractivity contribution in [1.82, 2.24) is 9.80 Å². The summed E-state index contributed by atoms with van der Waals surface area (Å²) in [6.45, 7) is 4.15. The molecule has 2 atom stereocenters. The summed E-state index contributed by atoms with van der Waals surface area (Å²) in [5, 5.41) is 0. The third-order valence-corrected chi connectivity index (χ3v) is 6.71. The molecule has 4 heteroatoms. The van der Waals surface area contributed by atoms with E-state index < -0.39 is 0 Å². The molecule has 2 unspecified atom stereocenters. The van der Waals surface area contributed by atoms with Crippen LogP contribution in [0.4, 0.5) is 0 Å². The molecule has 0 N–H and O–H groups in total. The molecule has 1 amide bonds. The molecule has 1 aromatic carbocycles. The minimum atomic E-state index is 0.248. The summed E-state index contributed by atoms with van der Waals surface area (Å²) in [6.07, 6.45) is 5.40. The van der Waals surface area contributed by atoms with Gasteiger partial charge < -0.3 is 9.64 Å². The number of rotatable bonds is 3. The molecular formula is C21H30N2O2. The number of hydrogen-bond acceptors (Lipinski definition) is 3. The first-order valence-electron chi connectivity index (χ1n) is 9.70. The van der Waals surface area contributed by atoms with E-state index in [-0.39, 0.29) is 11.3 Å². The second kappa shape index (κ2) is 6.73.